The highest BCUT2D eigenvalue weighted by atomic mass is 16.5. The number of aliphatic hydroxyl groups is 1. The van der Waals surface area contributed by atoms with Gasteiger partial charge in [-0.25, -0.2) is 4.98 Å². The Balaban J connectivity index is 1.69. The summed E-state index contributed by atoms with van der Waals surface area (Å²) < 4.78 is 11.4. The molecular weight excluding hydrogens is 304 g/mol. The number of oxazole rings is 1. The Bertz CT molecular complexity index is 608. The fraction of sp³-hybridized carbons (Fsp3) is 0.579. The number of nitrogens with zero attached hydrogens (tertiary/aromatic N) is 2. The minimum Gasteiger partial charge on any atom is -0.441 e. The Morgan fingerprint density at radius 3 is 2.54 bits per heavy atom. The third-order valence-electron chi connectivity index (χ3n) is 4.00. The summed E-state index contributed by atoms with van der Waals surface area (Å²) in [6.07, 6.45) is 8.79. The number of hydrogen-bond acceptors (Lipinski definition) is 5. The third kappa shape index (κ3) is 5.73. The van der Waals surface area contributed by atoms with Gasteiger partial charge in [-0.1, -0.05) is 12.8 Å². The first kappa shape index (κ1) is 18.6. The molecule has 5 heteroatoms. The number of aryl methyl sites for hydroxylation is 2. The van der Waals surface area contributed by atoms with E-state index in [-0.39, 0.29) is 6.61 Å². The molecule has 0 unspecified atom stereocenters. The molecule has 0 saturated heterocycles. The van der Waals surface area contributed by atoms with Crippen LogP contribution in [-0.2, 0) is 11.2 Å². The molecule has 5 nitrogen and oxygen atoms in total. The Morgan fingerprint density at radius 1 is 1.12 bits per heavy atom. The number of rotatable bonds is 10. The molecule has 0 fully saturated rings. The number of unbranched alkanes of at least 4 members (excludes halogenated alkanes) is 3. The summed E-state index contributed by atoms with van der Waals surface area (Å²) in [7, 11) is 0. The van der Waals surface area contributed by atoms with Crippen LogP contribution in [0, 0.1) is 6.92 Å². The molecule has 0 aliphatic rings. The van der Waals surface area contributed by atoms with Crippen molar-refractivity contribution >= 4 is 0 Å². The predicted molar refractivity (Wildman–Crippen MR) is 93.8 cm³/mol. The van der Waals surface area contributed by atoms with Crippen LogP contribution in [-0.4, -0.2) is 33.9 Å². The average Bonchev–Trinajstić information content (AvgIpc) is 2.96. The van der Waals surface area contributed by atoms with Gasteiger partial charge in [-0.3, -0.25) is 4.98 Å². The van der Waals surface area contributed by atoms with Crippen LogP contribution in [0.15, 0.2) is 28.9 Å². The van der Waals surface area contributed by atoms with E-state index in [1.54, 1.807) is 12.4 Å². The second-order valence-electron chi connectivity index (χ2n) is 6.69. The molecule has 0 aliphatic carbocycles. The topological polar surface area (TPSA) is 68.4 Å². The van der Waals surface area contributed by atoms with Gasteiger partial charge in [-0.05, 0) is 52.2 Å². The van der Waals surface area contributed by atoms with Gasteiger partial charge in [-0.2, -0.15) is 0 Å². The van der Waals surface area contributed by atoms with E-state index in [2.05, 4.69) is 9.97 Å². The molecule has 24 heavy (non-hydrogen) atoms. The van der Waals surface area contributed by atoms with Crippen LogP contribution in [0.5, 0.6) is 0 Å². The van der Waals surface area contributed by atoms with E-state index >= 15 is 0 Å². The Morgan fingerprint density at radius 2 is 1.83 bits per heavy atom. The molecule has 0 saturated carbocycles. The van der Waals surface area contributed by atoms with E-state index in [1.807, 2.05) is 32.9 Å². The summed E-state index contributed by atoms with van der Waals surface area (Å²) in [4.78, 5) is 8.62. The minimum atomic E-state index is -0.429. The van der Waals surface area contributed by atoms with E-state index in [0.29, 0.717) is 12.5 Å². The molecular formula is C19H28N2O3. The highest BCUT2D eigenvalue weighted by Crippen LogP contribution is 2.22. The van der Waals surface area contributed by atoms with Crippen molar-refractivity contribution in [2.24, 2.45) is 0 Å². The van der Waals surface area contributed by atoms with Gasteiger partial charge in [0.05, 0.1) is 17.9 Å². The molecule has 0 spiro atoms. The third-order valence-corrected chi connectivity index (χ3v) is 4.00. The fourth-order valence-electron chi connectivity index (χ4n) is 2.42. The first-order valence-corrected chi connectivity index (χ1v) is 8.63. The van der Waals surface area contributed by atoms with Gasteiger partial charge in [0.15, 0.2) is 0 Å². The Hall–Kier alpha value is -1.72. The van der Waals surface area contributed by atoms with Gasteiger partial charge < -0.3 is 14.3 Å². The average molecular weight is 332 g/mol. The fourth-order valence-corrected chi connectivity index (χ4v) is 2.42. The lowest BCUT2D eigenvalue weighted by Crippen LogP contribution is -2.29. The summed E-state index contributed by atoms with van der Waals surface area (Å²) in [6.45, 7) is 6.53. The standard InChI is InChI=1S/C19H28N2O3/c1-15-17(21-18(24-15)16-9-11-20-12-10-16)8-6-4-5-7-13-23-19(2,3)14-22/h9-12,22H,4-8,13-14H2,1-3H3. The second kappa shape index (κ2) is 8.94. The van der Waals surface area contributed by atoms with E-state index in [4.69, 9.17) is 14.3 Å². The molecule has 2 rings (SSSR count). The van der Waals surface area contributed by atoms with Gasteiger partial charge in [0.2, 0.25) is 5.89 Å². The van der Waals surface area contributed by atoms with Crippen molar-refractivity contribution in [3.8, 4) is 11.5 Å². The van der Waals surface area contributed by atoms with Gasteiger partial charge >= 0.3 is 0 Å². The number of aliphatic hydroxyl groups excluding tert-OH is 1. The highest BCUT2D eigenvalue weighted by molar-refractivity contribution is 5.52. The summed E-state index contributed by atoms with van der Waals surface area (Å²) in [5.41, 5.74) is 1.57. The van der Waals surface area contributed by atoms with Crippen molar-refractivity contribution in [2.75, 3.05) is 13.2 Å². The summed E-state index contributed by atoms with van der Waals surface area (Å²) in [5, 5.41) is 9.13. The smallest absolute Gasteiger partial charge is 0.226 e. The molecule has 2 aromatic heterocycles. The van der Waals surface area contributed by atoms with Crippen molar-refractivity contribution in [2.45, 2.75) is 58.5 Å². The van der Waals surface area contributed by atoms with Gasteiger partial charge in [-0.15, -0.1) is 0 Å². The van der Waals surface area contributed by atoms with Crippen LogP contribution in [0.3, 0.4) is 0 Å². The molecule has 0 amide bonds. The quantitative estimate of drug-likeness (QED) is 0.668. The lowest BCUT2D eigenvalue weighted by atomic mass is 10.1. The van der Waals surface area contributed by atoms with Crippen LogP contribution in [0.25, 0.3) is 11.5 Å². The maximum Gasteiger partial charge on any atom is 0.226 e. The Kier molecular flexibility index (Phi) is 6.94. The largest absolute Gasteiger partial charge is 0.441 e. The van der Waals surface area contributed by atoms with Crippen molar-refractivity contribution < 1.29 is 14.3 Å². The number of ether oxygens (including phenoxy) is 1. The molecule has 1 N–H and O–H groups in total. The Labute approximate surface area is 144 Å². The number of hydrogen-bond donors (Lipinski definition) is 1. The first-order chi connectivity index (χ1) is 11.5. The van der Waals surface area contributed by atoms with Crippen molar-refractivity contribution in [3.63, 3.8) is 0 Å². The van der Waals surface area contributed by atoms with Crippen molar-refractivity contribution in [3.05, 3.63) is 36.0 Å². The molecule has 0 aliphatic heterocycles. The van der Waals surface area contributed by atoms with Crippen LogP contribution in [0.1, 0.15) is 51.0 Å². The maximum absolute atomic E-state index is 9.13. The highest BCUT2D eigenvalue weighted by Gasteiger charge is 2.15. The minimum absolute atomic E-state index is 0.0538. The number of pyridine rings is 1. The zero-order valence-electron chi connectivity index (χ0n) is 14.9. The molecule has 0 radical (unpaired) electrons. The summed E-state index contributed by atoms with van der Waals surface area (Å²) in [6, 6.07) is 3.81. The molecule has 132 valence electrons. The SMILES string of the molecule is Cc1oc(-c2ccncc2)nc1CCCCCCOC(C)(C)CO. The zero-order valence-corrected chi connectivity index (χ0v) is 14.9. The lowest BCUT2D eigenvalue weighted by Gasteiger charge is -2.22. The number of aromatic nitrogens is 2. The van der Waals surface area contributed by atoms with Gasteiger partial charge in [0, 0.05) is 24.6 Å². The van der Waals surface area contributed by atoms with Crippen LogP contribution in [0.2, 0.25) is 0 Å². The van der Waals surface area contributed by atoms with E-state index in [1.165, 1.54) is 0 Å². The molecule has 2 heterocycles. The van der Waals surface area contributed by atoms with Gasteiger partial charge in [0.25, 0.3) is 0 Å². The molecule has 0 bridgehead atoms. The van der Waals surface area contributed by atoms with Crippen LogP contribution in [0.4, 0.5) is 0 Å². The van der Waals surface area contributed by atoms with E-state index in [9.17, 15) is 0 Å². The monoisotopic (exact) mass is 332 g/mol. The molecule has 0 aromatic carbocycles. The van der Waals surface area contributed by atoms with Crippen LogP contribution >= 0.6 is 0 Å². The summed E-state index contributed by atoms with van der Waals surface area (Å²) in [5.74, 6) is 1.57. The molecule has 2 aromatic rings. The molecule has 0 atom stereocenters. The lowest BCUT2D eigenvalue weighted by molar-refractivity contribution is -0.0546. The summed E-state index contributed by atoms with van der Waals surface area (Å²) >= 11 is 0. The first-order valence-electron chi connectivity index (χ1n) is 8.63. The maximum atomic E-state index is 9.13. The van der Waals surface area contributed by atoms with Crippen LogP contribution < -0.4 is 0 Å². The second-order valence-corrected chi connectivity index (χ2v) is 6.69. The van der Waals surface area contributed by atoms with E-state index < -0.39 is 5.60 Å². The van der Waals surface area contributed by atoms with Gasteiger partial charge in [0.1, 0.15) is 5.76 Å². The van der Waals surface area contributed by atoms with Crippen molar-refractivity contribution in [1.29, 1.82) is 0 Å². The normalized spacial score (nSPS) is 11.8. The van der Waals surface area contributed by atoms with Crippen molar-refractivity contribution in [1.82, 2.24) is 9.97 Å². The zero-order chi connectivity index (χ0) is 17.4. The predicted octanol–water partition coefficient (Wildman–Crippen LogP) is 3.94. The van der Waals surface area contributed by atoms with E-state index in [0.717, 1.165) is 49.1 Å².